The molecule has 0 spiro atoms. The third kappa shape index (κ3) is 5.37. The molecular weight excluding hydrogens is 542 g/mol. The fraction of sp³-hybridized carbons (Fsp3) is 0. The molecule has 39 heavy (non-hydrogen) atoms. The van der Waals surface area contributed by atoms with Crippen LogP contribution in [0, 0.1) is 0 Å². The Bertz CT molecular complexity index is 2030. The fourth-order valence-electron chi connectivity index (χ4n) is 4.03. The molecule has 0 unspecified atom stereocenters. The van der Waals surface area contributed by atoms with Gasteiger partial charge in [-0.1, -0.05) is 36.4 Å². The van der Waals surface area contributed by atoms with Gasteiger partial charge < -0.3 is 5.73 Å². The Kier molecular flexibility index (Phi) is 6.66. The van der Waals surface area contributed by atoms with Gasteiger partial charge in [-0.2, -0.15) is 21.9 Å². The Morgan fingerprint density at radius 1 is 0.564 bits per heavy atom. The van der Waals surface area contributed by atoms with Crippen LogP contribution in [-0.2, 0) is 20.2 Å². The van der Waals surface area contributed by atoms with E-state index in [1.54, 1.807) is 36.4 Å². The zero-order valence-electron chi connectivity index (χ0n) is 19.9. The standard InChI is InChI=1S/C26H19N5O6S2/c27-21-8-4-7-19-23(13-14-25(26(19)21)39(35,36)37)30-31-24-12-11-22(29-28-16-5-2-1-3-6-16)18-10-9-17(15-20(18)24)38(32,33)34/h1-15H,27H2,(H,32,33,34)(H,35,36,37). The van der Waals surface area contributed by atoms with E-state index in [9.17, 15) is 25.9 Å². The van der Waals surface area contributed by atoms with E-state index in [0.29, 0.717) is 27.5 Å². The van der Waals surface area contributed by atoms with Crippen LogP contribution in [0.4, 0.5) is 28.4 Å². The zero-order valence-corrected chi connectivity index (χ0v) is 21.5. The Labute approximate surface area is 222 Å². The Morgan fingerprint density at radius 3 is 1.85 bits per heavy atom. The smallest absolute Gasteiger partial charge is 0.295 e. The molecule has 5 aromatic rings. The molecule has 0 radical (unpaired) electrons. The Morgan fingerprint density at radius 2 is 1.18 bits per heavy atom. The molecule has 0 bridgehead atoms. The largest absolute Gasteiger partial charge is 0.398 e. The van der Waals surface area contributed by atoms with Gasteiger partial charge in [0.2, 0.25) is 0 Å². The number of nitrogen functional groups attached to an aromatic ring is 1. The van der Waals surface area contributed by atoms with Gasteiger partial charge in [0.05, 0.1) is 27.6 Å². The summed E-state index contributed by atoms with van der Waals surface area (Å²) in [7, 11) is -9.09. The van der Waals surface area contributed by atoms with Crippen molar-refractivity contribution >= 4 is 70.2 Å². The molecule has 5 rings (SSSR count). The molecule has 0 amide bonds. The van der Waals surface area contributed by atoms with Gasteiger partial charge in [-0.3, -0.25) is 9.11 Å². The first-order valence-electron chi connectivity index (χ1n) is 11.2. The molecule has 4 N–H and O–H groups in total. The molecule has 0 aliphatic carbocycles. The van der Waals surface area contributed by atoms with Crippen molar-refractivity contribution in [3.63, 3.8) is 0 Å². The molecule has 0 saturated heterocycles. The second kappa shape index (κ2) is 9.96. The number of fused-ring (bicyclic) bond motifs is 2. The summed E-state index contributed by atoms with van der Waals surface area (Å²) < 4.78 is 66.7. The van der Waals surface area contributed by atoms with Gasteiger partial charge in [-0.25, -0.2) is 0 Å². The van der Waals surface area contributed by atoms with Crippen molar-refractivity contribution in [1.29, 1.82) is 0 Å². The van der Waals surface area contributed by atoms with Crippen molar-refractivity contribution in [1.82, 2.24) is 0 Å². The van der Waals surface area contributed by atoms with E-state index in [0.717, 1.165) is 0 Å². The average Bonchev–Trinajstić information content (AvgIpc) is 2.90. The highest BCUT2D eigenvalue weighted by molar-refractivity contribution is 7.86. The summed E-state index contributed by atoms with van der Waals surface area (Å²) in [6, 6.07) is 23.4. The van der Waals surface area contributed by atoms with Crippen LogP contribution in [0.1, 0.15) is 0 Å². The molecule has 0 aliphatic rings. The molecule has 0 atom stereocenters. The minimum atomic E-state index is -4.57. The predicted molar refractivity (Wildman–Crippen MR) is 147 cm³/mol. The number of hydrogen-bond acceptors (Lipinski definition) is 9. The summed E-state index contributed by atoms with van der Waals surface area (Å²) >= 11 is 0. The van der Waals surface area contributed by atoms with Gasteiger partial charge in [-0.15, -0.1) is 15.3 Å². The summed E-state index contributed by atoms with van der Waals surface area (Å²) in [5, 5.41) is 18.3. The predicted octanol–water partition coefficient (Wildman–Crippen LogP) is 6.90. The quantitative estimate of drug-likeness (QED) is 0.114. The van der Waals surface area contributed by atoms with Crippen molar-refractivity contribution in [3.8, 4) is 0 Å². The maximum atomic E-state index is 11.9. The van der Waals surface area contributed by atoms with E-state index in [1.165, 1.54) is 36.4 Å². The normalized spacial score (nSPS) is 12.7. The topological polar surface area (TPSA) is 184 Å². The first-order valence-corrected chi connectivity index (χ1v) is 14.1. The summed E-state index contributed by atoms with van der Waals surface area (Å²) in [4.78, 5) is -0.717. The van der Waals surface area contributed by atoms with Crippen molar-refractivity contribution in [3.05, 3.63) is 91.0 Å². The van der Waals surface area contributed by atoms with E-state index in [1.807, 2.05) is 18.2 Å². The van der Waals surface area contributed by atoms with Gasteiger partial charge in [-0.05, 0) is 54.6 Å². The van der Waals surface area contributed by atoms with Crippen molar-refractivity contribution in [2.75, 3.05) is 5.73 Å². The van der Waals surface area contributed by atoms with Gasteiger partial charge in [0.15, 0.2) is 0 Å². The molecule has 0 aromatic heterocycles. The second-order valence-electron chi connectivity index (χ2n) is 8.35. The zero-order chi connectivity index (χ0) is 27.8. The van der Waals surface area contributed by atoms with Crippen LogP contribution in [0.25, 0.3) is 21.5 Å². The first-order chi connectivity index (χ1) is 18.5. The fourth-order valence-corrected chi connectivity index (χ4v) is 5.27. The van der Waals surface area contributed by atoms with Crippen molar-refractivity contribution in [2.45, 2.75) is 9.79 Å². The SMILES string of the molecule is Nc1cccc2c(N=Nc3ccc(N=Nc4ccccc4)c4ccc(S(=O)(=O)O)cc34)ccc(S(=O)(=O)O)c12. The number of azo groups is 2. The molecule has 0 aliphatic heterocycles. The van der Waals surface area contributed by atoms with E-state index in [-0.39, 0.29) is 32.2 Å². The number of benzene rings is 5. The van der Waals surface area contributed by atoms with E-state index >= 15 is 0 Å². The summed E-state index contributed by atoms with van der Waals surface area (Å²) in [5.74, 6) is 0. The number of hydrogen-bond donors (Lipinski definition) is 3. The monoisotopic (exact) mass is 561 g/mol. The molecule has 196 valence electrons. The lowest BCUT2D eigenvalue weighted by Gasteiger charge is -2.09. The molecular formula is C26H19N5O6S2. The van der Waals surface area contributed by atoms with Gasteiger partial charge >= 0.3 is 0 Å². The molecule has 5 aromatic carbocycles. The second-order valence-corrected chi connectivity index (χ2v) is 11.2. The van der Waals surface area contributed by atoms with Crippen molar-refractivity contribution in [2.24, 2.45) is 20.5 Å². The third-order valence-electron chi connectivity index (χ3n) is 5.82. The van der Waals surface area contributed by atoms with Crippen LogP contribution in [-0.4, -0.2) is 25.9 Å². The lowest BCUT2D eigenvalue weighted by Crippen LogP contribution is -2.01. The van der Waals surface area contributed by atoms with Gasteiger partial charge in [0, 0.05) is 27.2 Å². The van der Waals surface area contributed by atoms with Crippen LogP contribution in [0.3, 0.4) is 0 Å². The van der Waals surface area contributed by atoms with Gasteiger partial charge in [0.1, 0.15) is 4.90 Å². The molecule has 0 saturated carbocycles. The highest BCUT2D eigenvalue weighted by atomic mass is 32.2. The average molecular weight is 562 g/mol. The maximum absolute atomic E-state index is 11.9. The maximum Gasteiger partial charge on any atom is 0.295 e. The summed E-state index contributed by atoms with van der Waals surface area (Å²) in [6.45, 7) is 0. The van der Waals surface area contributed by atoms with Gasteiger partial charge in [0.25, 0.3) is 20.2 Å². The molecule has 0 heterocycles. The lowest BCUT2D eigenvalue weighted by atomic mass is 10.1. The van der Waals surface area contributed by atoms with Crippen molar-refractivity contribution < 1.29 is 25.9 Å². The number of nitrogens with zero attached hydrogens (tertiary/aromatic N) is 4. The van der Waals surface area contributed by atoms with Crippen LogP contribution >= 0.6 is 0 Å². The highest BCUT2D eigenvalue weighted by Gasteiger charge is 2.18. The molecule has 11 nitrogen and oxygen atoms in total. The van der Waals surface area contributed by atoms with E-state index in [2.05, 4.69) is 20.5 Å². The minimum Gasteiger partial charge on any atom is -0.398 e. The van der Waals surface area contributed by atoms with E-state index < -0.39 is 20.2 Å². The lowest BCUT2D eigenvalue weighted by molar-refractivity contribution is 0.481. The Balaban J connectivity index is 1.67. The van der Waals surface area contributed by atoms with Crippen LogP contribution < -0.4 is 5.73 Å². The highest BCUT2D eigenvalue weighted by Crippen LogP contribution is 2.39. The van der Waals surface area contributed by atoms with Crippen LogP contribution in [0.15, 0.2) is 121 Å². The number of nitrogens with two attached hydrogens (primary N) is 1. The minimum absolute atomic E-state index is 0.0895. The Hall–Kier alpha value is -4.56. The first kappa shape index (κ1) is 26.1. The van der Waals surface area contributed by atoms with Crippen LogP contribution in [0.2, 0.25) is 0 Å². The third-order valence-corrected chi connectivity index (χ3v) is 7.57. The molecule has 0 fully saturated rings. The number of rotatable bonds is 6. The summed E-state index contributed by atoms with van der Waals surface area (Å²) in [5.41, 5.74) is 7.64. The summed E-state index contributed by atoms with van der Waals surface area (Å²) in [6.07, 6.45) is 0. The van der Waals surface area contributed by atoms with Crippen LogP contribution in [0.5, 0.6) is 0 Å². The molecule has 13 heteroatoms. The number of anilines is 1. The van der Waals surface area contributed by atoms with E-state index in [4.69, 9.17) is 5.73 Å².